The van der Waals surface area contributed by atoms with E-state index in [4.69, 9.17) is 0 Å². The number of pyridine rings is 1. The van der Waals surface area contributed by atoms with Gasteiger partial charge in [0, 0.05) is 25.1 Å². The lowest BCUT2D eigenvalue weighted by atomic mass is 9.95. The molecule has 1 aliphatic carbocycles. The van der Waals surface area contributed by atoms with E-state index in [1.807, 2.05) is 17.8 Å². The standard InChI is InChI=1S/C15H18N4O2/c1-19-7-6-16-13(19)9-17-14(20)11-8-10-4-2-3-5-12(10)18-15(11)21/h6-8H,2-5,9H2,1H3,(H,17,20)(H,18,21). The zero-order valence-electron chi connectivity index (χ0n) is 12.0. The van der Waals surface area contributed by atoms with Gasteiger partial charge in [-0.15, -0.1) is 0 Å². The summed E-state index contributed by atoms with van der Waals surface area (Å²) in [6, 6.07) is 1.74. The summed E-state index contributed by atoms with van der Waals surface area (Å²) in [5, 5.41) is 2.75. The lowest BCUT2D eigenvalue weighted by Crippen LogP contribution is -2.31. The van der Waals surface area contributed by atoms with E-state index in [9.17, 15) is 9.59 Å². The summed E-state index contributed by atoms with van der Waals surface area (Å²) in [6.07, 6.45) is 7.49. The molecule has 2 heterocycles. The zero-order valence-corrected chi connectivity index (χ0v) is 12.0. The molecule has 0 saturated carbocycles. The van der Waals surface area contributed by atoms with Crippen molar-refractivity contribution in [2.45, 2.75) is 32.2 Å². The van der Waals surface area contributed by atoms with E-state index in [2.05, 4.69) is 15.3 Å². The summed E-state index contributed by atoms with van der Waals surface area (Å²) < 4.78 is 1.83. The number of carbonyl (C=O) groups excluding carboxylic acids is 1. The monoisotopic (exact) mass is 286 g/mol. The second-order valence-corrected chi connectivity index (χ2v) is 5.36. The smallest absolute Gasteiger partial charge is 0.261 e. The molecule has 0 aliphatic heterocycles. The number of carbonyl (C=O) groups is 1. The number of aromatic amines is 1. The molecule has 6 nitrogen and oxygen atoms in total. The Hall–Kier alpha value is -2.37. The molecule has 1 amide bonds. The number of fused-ring (bicyclic) bond motifs is 1. The van der Waals surface area contributed by atoms with Crippen LogP contribution < -0.4 is 10.9 Å². The van der Waals surface area contributed by atoms with E-state index in [1.54, 1.807) is 12.3 Å². The van der Waals surface area contributed by atoms with Crippen LogP contribution in [0.3, 0.4) is 0 Å². The highest BCUT2D eigenvalue weighted by Crippen LogP contribution is 2.18. The first-order chi connectivity index (χ1) is 10.1. The summed E-state index contributed by atoms with van der Waals surface area (Å²) in [6.45, 7) is 0.304. The Labute approximate surface area is 122 Å². The first-order valence-electron chi connectivity index (χ1n) is 7.14. The maximum atomic E-state index is 12.2. The predicted molar refractivity (Wildman–Crippen MR) is 78.1 cm³/mol. The van der Waals surface area contributed by atoms with Crippen molar-refractivity contribution in [2.75, 3.05) is 0 Å². The molecule has 0 bridgehead atoms. The third kappa shape index (κ3) is 2.74. The summed E-state index contributed by atoms with van der Waals surface area (Å²) >= 11 is 0. The number of H-pyrrole nitrogens is 1. The Balaban J connectivity index is 1.78. The number of amides is 1. The molecule has 110 valence electrons. The van der Waals surface area contributed by atoms with E-state index >= 15 is 0 Å². The van der Waals surface area contributed by atoms with Gasteiger partial charge in [0.15, 0.2) is 0 Å². The van der Waals surface area contributed by atoms with Crippen molar-refractivity contribution in [2.24, 2.45) is 7.05 Å². The first kappa shape index (κ1) is 13.6. The Morgan fingerprint density at radius 3 is 3.00 bits per heavy atom. The highest BCUT2D eigenvalue weighted by molar-refractivity contribution is 5.93. The van der Waals surface area contributed by atoms with Gasteiger partial charge < -0.3 is 14.9 Å². The van der Waals surface area contributed by atoms with E-state index in [0.29, 0.717) is 6.54 Å². The van der Waals surface area contributed by atoms with Crippen LogP contribution >= 0.6 is 0 Å². The number of nitrogens with zero attached hydrogens (tertiary/aromatic N) is 2. The average Bonchev–Trinajstić information content (AvgIpc) is 2.89. The number of imidazole rings is 1. The van der Waals surface area contributed by atoms with Crippen molar-refractivity contribution < 1.29 is 4.79 Å². The summed E-state index contributed by atoms with van der Waals surface area (Å²) in [5.41, 5.74) is 1.94. The van der Waals surface area contributed by atoms with Crippen LogP contribution in [-0.4, -0.2) is 20.4 Å². The Morgan fingerprint density at radius 2 is 2.24 bits per heavy atom. The van der Waals surface area contributed by atoms with Gasteiger partial charge in [-0.1, -0.05) is 0 Å². The van der Waals surface area contributed by atoms with Gasteiger partial charge in [0.05, 0.1) is 6.54 Å². The third-order valence-corrected chi connectivity index (χ3v) is 3.91. The molecule has 0 spiro atoms. The largest absolute Gasteiger partial charge is 0.345 e. The third-order valence-electron chi connectivity index (χ3n) is 3.91. The topological polar surface area (TPSA) is 79.8 Å². The molecule has 2 aromatic heterocycles. The minimum atomic E-state index is -0.354. The quantitative estimate of drug-likeness (QED) is 0.880. The fourth-order valence-corrected chi connectivity index (χ4v) is 2.66. The molecular formula is C15H18N4O2. The van der Waals surface area contributed by atoms with Crippen LogP contribution in [0, 0.1) is 0 Å². The Kier molecular flexibility index (Phi) is 3.60. The number of hydrogen-bond acceptors (Lipinski definition) is 3. The van der Waals surface area contributed by atoms with E-state index in [-0.39, 0.29) is 17.0 Å². The molecular weight excluding hydrogens is 268 g/mol. The van der Waals surface area contributed by atoms with Gasteiger partial charge in [0.2, 0.25) is 0 Å². The summed E-state index contributed by atoms with van der Waals surface area (Å²) in [7, 11) is 1.86. The van der Waals surface area contributed by atoms with Crippen LogP contribution in [0.1, 0.15) is 40.3 Å². The second kappa shape index (κ2) is 5.55. The van der Waals surface area contributed by atoms with Gasteiger partial charge in [0.25, 0.3) is 11.5 Å². The van der Waals surface area contributed by atoms with E-state index in [0.717, 1.165) is 42.8 Å². The van der Waals surface area contributed by atoms with Gasteiger partial charge in [-0.3, -0.25) is 9.59 Å². The minimum Gasteiger partial charge on any atom is -0.345 e. The molecule has 0 atom stereocenters. The van der Waals surface area contributed by atoms with Crippen LogP contribution in [0.15, 0.2) is 23.3 Å². The molecule has 0 unspecified atom stereocenters. The maximum absolute atomic E-state index is 12.2. The summed E-state index contributed by atoms with van der Waals surface area (Å²) in [4.78, 5) is 31.2. The number of hydrogen-bond donors (Lipinski definition) is 2. The molecule has 3 rings (SSSR count). The molecule has 0 fully saturated rings. The Morgan fingerprint density at radius 1 is 1.43 bits per heavy atom. The second-order valence-electron chi connectivity index (χ2n) is 5.36. The predicted octanol–water partition coefficient (Wildman–Crippen LogP) is 0.917. The van der Waals surface area contributed by atoms with Gasteiger partial charge in [0.1, 0.15) is 11.4 Å². The highest BCUT2D eigenvalue weighted by Gasteiger charge is 2.17. The molecule has 2 aromatic rings. The maximum Gasteiger partial charge on any atom is 0.261 e. The number of rotatable bonds is 3. The van der Waals surface area contributed by atoms with Crippen molar-refractivity contribution in [1.29, 1.82) is 0 Å². The van der Waals surface area contributed by atoms with Crippen molar-refractivity contribution in [3.05, 3.63) is 51.5 Å². The molecule has 0 aromatic carbocycles. The molecule has 0 saturated heterocycles. The van der Waals surface area contributed by atoms with Gasteiger partial charge in [-0.25, -0.2) is 4.98 Å². The molecule has 1 aliphatic rings. The van der Waals surface area contributed by atoms with Crippen LogP contribution in [0.25, 0.3) is 0 Å². The number of aromatic nitrogens is 3. The normalized spacial score (nSPS) is 13.8. The lowest BCUT2D eigenvalue weighted by molar-refractivity contribution is 0.0948. The molecule has 6 heteroatoms. The fourth-order valence-electron chi connectivity index (χ4n) is 2.66. The zero-order chi connectivity index (χ0) is 14.8. The lowest BCUT2D eigenvalue weighted by Gasteiger charge is -2.15. The van der Waals surface area contributed by atoms with Gasteiger partial charge in [-0.2, -0.15) is 0 Å². The van der Waals surface area contributed by atoms with Crippen LogP contribution in [0.5, 0.6) is 0 Å². The average molecular weight is 286 g/mol. The van der Waals surface area contributed by atoms with Crippen LogP contribution in [0.4, 0.5) is 0 Å². The van der Waals surface area contributed by atoms with Crippen LogP contribution in [0.2, 0.25) is 0 Å². The molecule has 21 heavy (non-hydrogen) atoms. The summed E-state index contributed by atoms with van der Waals surface area (Å²) in [5.74, 6) is 0.394. The van der Waals surface area contributed by atoms with Crippen LogP contribution in [-0.2, 0) is 26.4 Å². The molecule has 2 N–H and O–H groups in total. The van der Waals surface area contributed by atoms with Gasteiger partial charge >= 0.3 is 0 Å². The highest BCUT2D eigenvalue weighted by atomic mass is 16.2. The fraction of sp³-hybridized carbons (Fsp3) is 0.400. The van der Waals surface area contributed by atoms with Crippen molar-refractivity contribution in [1.82, 2.24) is 19.9 Å². The van der Waals surface area contributed by atoms with Crippen molar-refractivity contribution >= 4 is 5.91 Å². The number of nitrogens with one attached hydrogen (secondary N) is 2. The van der Waals surface area contributed by atoms with Crippen molar-refractivity contribution in [3.63, 3.8) is 0 Å². The molecule has 0 radical (unpaired) electrons. The SMILES string of the molecule is Cn1ccnc1CNC(=O)c1cc2c([nH]c1=O)CCCC2. The van der Waals surface area contributed by atoms with E-state index < -0.39 is 0 Å². The van der Waals surface area contributed by atoms with Crippen molar-refractivity contribution in [3.8, 4) is 0 Å². The Bertz CT molecular complexity index is 730. The van der Waals surface area contributed by atoms with Gasteiger partial charge in [-0.05, 0) is 37.3 Å². The van der Waals surface area contributed by atoms with E-state index in [1.165, 1.54) is 0 Å². The first-order valence-corrected chi connectivity index (χ1v) is 7.14. The number of aryl methyl sites for hydroxylation is 3. The minimum absolute atomic E-state index is 0.185.